The second-order valence-electron chi connectivity index (χ2n) is 7.85. The number of amides is 2. The van der Waals surface area contributed by atoms with E-state index in [1.807, 2.05) is 12.1 Å². The zero-order valence-corrected chi connectivity index (χ0v) is 19.9. The van der Waals surface area contributed by atoms with Crippen LogP contribution in [0.15, 0.2) is 29.1 Å². The number of hydrogen-bond donors (Lipinski definition) is 2. The normalized spacial score (nSPS) is 13.6. The Labute approximate surface area is 196 Å². The van der Waals surface area contributed by atoms with Gasteiger partial charge >= 0.3 is 11.7 Å². The van der Waals surface area contributed by atoms with Crippen molar-refractivity contribution >= 4 is 34.1 Å². The number of hydrogen-bond acceptors (Lipinski definition) is 7. The molecule has 0 saturated carbocycles. The number of aryl methyl sites for hydroxylation is 2. The third kappa shape index (κ3) is 4.21. The van der Waals surface area contributed by atoms with Crippen LogP contribution in [0.3, 0.4) is 0 Å². The van der Waals surface area contributed by atoms with E-state index in [9.17, 15) is 9.59 Å². The number of anilines is 3. The summed E-state index contributed by atoms with van der Waals surface area (Å²) in [5.41, 5.74) is 3.23. The summed E-state index contributed by atoms with van der Waals surface area (Å²) in [6, 6.07) is 6.58. The quantitative estimate of drug-likeness (QED) is 0.568. The van der Waals surface area contributed by atoms with Crippen molar-refractivity contribution in [2.45, 2.75) is 0 Å². The van der Waals surface area contributed by atoms with E-state index in [1.165, 1.54) is 21.3 Å². The van der Waals surface area contributed by atoms with Gasteiger partial charge in [-0.25, -0.2) is 9.59 Å². The topological polar surface area (TPSA) is 108 Å². The average Bonchev–Trinajstić information content (AvgIpc) is 3.06. The van der Waals surface area contributed by atoms with Crippen molar-refractivity contribution < 1.29 is 23.7 Å². The predicted molar refractivity (Wildman–Crippen MR) is 130 cm³/mol. The van der Waals surface area contributed by atoms with E-state index in [0.29, 0.717) is 60.4 Å². The van der Waals surface area contributed by atoms with Crippen LogP contribution in [0.5, 0.6) is 17.2 Å². The highest BCUT2D eigenvalue weighted by molar-refractivity contribution is 6.04. The fraction of sp³-hybridized carbons (Fsp3) is 0.391. The number of urea groups is 1. The average molecular weight is 472 g/mol. The molecule has 0 spiro atoms. The number of carbonyl (C=O) groups is 1. The van der Waals surface area contributed by atoms with Gasteiger partial charge < -0.3 is 34.5 Å². The lowest BCUT2D eigenvalue weighted by Crippen LogP contribution is -2.37. The van der Waals surface area contributed by atoms with E-state index in [2.05, 4.69) is 15.5 Å². The first-order chi connectivity index (χ1) is 16.4. The Morgan fingerprint density at radius 1 is 0.882 bits per heavy atom. The van der Waals surface area contributed by atoms with Gasteiger partial charge in [0.1, 0.15) is 0 Å². The van der Waals surface area contributed by atoms with Crippen LogP contribution in [0.2, 0.25) is 0 Å². The number of imidazole rings is 1. The molecule has 2 aromatic carbocycles. The first-order valence-corrected chi connectivity index (χ1v) is 10.8. The minimum atomic E-state index is -0.455. The van der Waals surface area contributed by atoms with Crippen molar-refractivity contribution in [1.82, 2.24) is 9.13 Å². The van der Waals surface area contributed by atoms with Crippen molar-refractivity contribution in [1.29, 1.82) is 0 Å². The summed E-state index contributed by atoms with van der Waals surface area (Å²) in [6.45, 7) is 2.52. The van der Waals surface area contributed by atoms with Crippen molar-refractivity contribution in [3.8, 4) is 17.2 Å². The fourth-order valence-corrected chi connectivity index (χ4v) is 4.14. The Hall–Kier alpha value is -3.86. The molecule has 2 heterocycles. The zero-order chi connectivity index (χ0) is 24.4. The molecule has 2 amide bonds. The predicted octanol–water partition coefficient (Wildman–Crippen LogP) is 2.38. The number of rotatable bonds is 6. The second-order valence-corrected chi connectivity index (χ2v) is 7.85. The van der Waals surface area contributed by atoms with Gasteiger partial charge in [-0.3, -0.25) is 9.13 Å². The second kappa shape index (κ2) is 9.56. The number of nitrogens with one attached hydrogen (secondary N) is 2. The third-order valence-corrected chi connectivity index (χ3v) is 5.91. The summed E-state index contributed by atoms with van der Waals surface area (Å²) in [4.78, 5) is 27.6. The molecular weight excluding hydrogens is 442 g/mol. The molecule has 0 radical (unpaired) electrons. The minimum Gasteiger partial charge on any atom is -0.493 e. The van der Waals surface area contributed by atoms with Crippen LogP contribution in [-0.2, 0) is 18.8 Å². The number of benzene rings is 2. The van der Waals surface area contributed by atoms with Crippen LogP contribution < -0.4 is 35.4 Å². The molecule has 1 fully saturated rings. The van der Waals surface area contributed by atoms with Crippen LogP contribution in [0.4, 0.5) is 21.9 Å². The number of nitrogens with zero attached hydrogens (tertiary/aromatic N) is 3. The third-order valence-electron chi connectivity index (χ3n) is 5.91. The smallest absolute Gasteiger partial charge is 0.328 e. The fourth-order valence-electron chi connectivity index (χ4n) is 4.14. The van der Waals surface area contributed by atoms with Gasteiger partial charge in [-0.1, -0.05) is 0 Å². The lowest BCUT2D eigenvalue weighted by Gasteiger charge is -2.30. The molecule has 2 N–H and O–H groups in total. The summed E-state index contributed by atoms with van der Waals surface area (Å²) in [7, 11) is 7.97. The minimum absolute atomic E-state index is 0.137. The molecule has 182 valence electrons. The van der Waals surface area contributed by atoms with E-state index in [-0.39, 0.29) is 5.69 Å². The molecule has 0 bridgehead atoms. The number of fused-ring (bicyclic) bond motifs is 1. The molecule has 0 unspecified atom stereocenters. The Morgan fingerprint density at radius 2 is 1.47 bits per heavy atom. The number of methoxy groups -OCH3 is 3. The van der Waals surface area contributed by atoms with Gasteiger partial charge in [0.25, 0.3) is 0 Å². The maximum atomic E-state index is 13.0. The highest BCUT2D eigenvalue weighted by atomic mass is 16.5. The lowest BCUT2D eigenvalue weighted by atomic mass is 10.2. The van der Waals surface area contributed by atoms with Crippen molar-refractivity contribution in [2.24, 2.45) is 14.1 Å². The summed E-state index contributed by atoms with van der Waals surface area (Å²) in [5.74, 6) is 1.28. The lowest BCUT2D eigenvalue weighted by molar-refractivity contribution is 0.123. The van der Waals surface area contributed by atoms with Crippen LogP contribution in [-0.4, -0.2) is 62.8 Å². The van der Waals surface area contributed by atoms with E-state index < -0.39 is 6.03 Å². The van der Waals surface area contributed by atoms with Crippen LogP contribution in [0, 0.1) is 0 Å². The van der Waals surface area contributed by atoms with Crippen molar-refractivity contribution in [2.75, 3.05) is 63.2 Å². The van der Waals surface area contributed by atoms with E-state index in [0.717, 1.165) is 11.2 Å². The molecule has 1 aliphatic heterocycles. The Bertz CT molecular complexity index is 1250. The molecular formula is C23H29N5O6. The van der Waals surface area contributed by atoms with Gasteiger partial charge in [-0.15, -0.1) is 0 Å². The number of ether oxygens (including phenoxy) is 4. The first-order valence-electron chi connectivity index (χ1n) is 10.8. The van der Waals surface area contributed by atoms with Gasteiger partial charge in [0.2, 0.25) is 5.75 Å². The molecule has 0 aliphatic carbocycles. The van der Waals surface area contributed by atoms with Gasteiger partial charge in [-0.2, -0.15) is 0 Å². The molecule has 11 nitrogen and oxygen atoms in total. The van der Waals surface area contributed by atoms with Gasteiger partial charge in [0.05, 0.1) is 62.6 Å². The molecule has 1 saturated heterocycles. The highest BCUT2D eigenvalue weighted by Crippen LogP contribution is 2.40. The summed E-state index contributed by atoms with van der Waals surface area (Å²) < 4.78 is 24.7. The zero-order valence-electron chi connectivity index (χ0n) is 19.9. The number of carbonyl (C=O) groups excluding carboxylic acids is 1. The Morgan fingerprint density at radius 3 is 2.03 bits per heavy atom. The van der Waals surface area contributed by atoms with Crippen molar-refractivity contribution in [3.63, 3.8) is 0 Å². The first kappa shape index (κ1) is 23.3. The summed E-state index contributed by atoms with van der Waals surface area (Å²) in [5, 5.41) is 5.76. The molecule has 3 aromatic rings. The standard InChI is InChI=1S/C23H29N5O6/c1-26-17-12-15(16(28-6-8-34-9-7-28)13-18(17)27(2)23(26)30)25-22(29)24-14-10-19(31-3)21(33-5)20(11-14)32-4/h10-13H,6-9H2,1-5H3,(H2,24,25,29). The molecule has 0 atom stereocenters. The molecule has 1 aromatic heterocycles. The SMILES string of the molecule is COc1cc(NC(=O)Nc2cc3c(cc2N2CCOCC2)n(C)c(=O)n3C)cc(OC)c1OC. The monoisotopic (exact) mass is 471 g/mol. The van der Waals surface area contributed by atoms with Crippen molar-refractivity contribution in [3.05, 3.63) is 34.7 Å². The molecule has 1 aliphatic rings. The molecule has 4 rings (SSSR count). The largest absolute Gasteiger partial charge is 0.493 e. The Kier molecular flexibility index (Phi) is 6.55. The number of aromatic nitrogens is 2. The maximum absolute atomic E-state index is 13.0. The molecule has 34 heavy (non-hydrogen) atoms. The van der Waals surface area contributed by atoms with E-state index in [4.69, 9.17) is 18.9 Å². The van der Waals surface area contributed by atoms with E-state index in [1.54, 1.807) is 35.4 Å². The van der Waals surface area contributed by atoms with E-state index >= 15 is 0 Å². The van der Waals surface area contributed by atoms with Gasteiger partial charge in [-0.05, 0) is 12.1 Å². The highest BCUT2D eigenvalue weighted by Gasteiger charge is 2.21. The van der Waals surface area contributed by atoms with Crippen LogP contribution in [0.1, 0.15) is 0 Å². The Balaban J connectivity index is 1.69. The summed E-state index contributed by atoms with van der Waals surface area (Å²) >= 11 is 0. The number of morpholine rings is 1. The van der Waals surface area contributed by atoms with Crippen LogP contribution in [0.25, 0.3) is 11.0 Å². The summed E-state index contributed by atoms with van der Waals surface area (Å²) in [6.07, 6.45) is 0. The molecule has 11 heteroatoms. The van der Waals surface area contributed by atoms with Crippen LogP contribution >= 0.6 is 0 Å². The van der Waals surface area contributed by atoms with Gasteiger partial charge in [0, 0.05) is 39.3 Å². The maximum Gasteiger partial charge on any atom is 0.328 e. The van der Waals surface area contributed by atoms with Gasteiger partial charge in [0.15, 0.2) is 11.5 Å².